The van der Waals surface area contributed by atoms with Gasteiger partial charge in [0.2, 0.25) is 10.0 Å². The van der Waals surface area contributed by atoms with Gasteiger partial charge in [0, 0.05) is 18.7 Å². The third kappa shape index (κ3) is 5.30. The zero-order chi connectivity index (χ0) is 20.9. The fourth-order valence-electron chi connectivity index (χ4n) is 2.96. The summed E-state index contributed by atoms with van der Waals surface area (Å²) in [4.78, 5) is 23.0. The van der Waals surface area contributed by atoms with Crippen molar-refractivity contribution in [1.29, 1.82) is 0 Å². The number of benzene rings is 2. The molecule has 1 aliphatic heterocycles. The third-order valence-electron chi connectivity index (χ3n) is 4.51. The molecule has 29 heavy (non-hydrogen) atoms. The average Bonchev–Trinajstić information content (AvgIpc) is 3.27. The zero-order valence-corrected chi connectivity index (χ0v) is 16.5. The first-order valence-corrected chi connectivity index (χ1v) is 10.6. The van der Waals surface area contributed by atoms with Crippen LogP contribution in [0.3, 0.4) is 0 Å². The predicted molar refractivity (Wildman–Crippen MR) is 107 cm³/mol. The Morgan fingerprint density at radius 2 is 1.62 bits per heavy atom. The highest BCUT2D eigenvalue weighted by Crippen LogP contribution is 2.21. The average molecular weight is 415 g/mol. The molecular formula is C21H21NO6S. The summed E-state index contributed by atoms with van der Waals surface area (Å²) in [5.41, 5.74) is 1.14. The monoisotopic (exact) mass is 415 g/mol. The van der Waals surface area contributed by atoms with Crippen LogP contribution in [0.25, 0.3) is 6.08 Å². The van der Waals surface area contributed by atoms with Crippen molar-refractivity contribution in [2.45, 2.75) is 17.7 Å². The lowest BCUT2D eigenvalue weighted by Crippen LogP contribution is -2.27. The molecule has 1 N–H and O–H groups in total. The molecule has 0 amide bonds. The van der Waals surface area contributed by atoms with Gasteiger partial charge in [-0.25, -0.2) is 13.2 Å². The molecule has 0 aliphatic carbocycles. The van der Waals surface area contributed by atoms with Crippen LogP contribution in [0, 0.1) is 0 Å². The Bertz CT molecular complexity index is 1000. The molecule has 3 rings (SSSR count). The Balaban J connectivity index is 1.64. The number of carbonyl (C=O) groups excluding carboxylic acids is 1. The number of hydrogen-bond acceptors (Lipinski definition) is 5. The van der Waals surface area contributed by atoms with Crippen LogP contribution in [0.2, 0.25) is 0 Å². The molecule has 0 atom stereocenters. The summed E-state index contributed by atoms with van der Waals surface area (Å²) in [6.45, 7) is 0.648. The Morgan fingerprint density at radius 1 is 1.00 bits per heavy atom. The maximum Gasteiger partial charge on any atom is 0.341 e. The first kappa shape index (κ1) is 20.8. The van der Waals surface area contributed by atoms with Crippen molar-refractivity contribution >= 4 is 27.9 Å². The van der Waals surface area contributed by atoms with Crippen molar-refractivity contribution in [3.8, 4) is 5.75 Å². The number of ether oxygens (including phenoxy) is 1. The van der Waals surface area contributed by atoms with Crippen LogP contribution < -0.4 is 4.74 Å². The molecule has 8 heteroatoms. The summed E-state index contributed by atoms with van der Waals surface area (Å²) in [5, 5.41) is 8.59. The molecule has 1 saturated heterocycles. The Hall–Kier alpha value is -2.97. The van der Waals surface area contributed by atoms with E-state index in [-0.39, 0.29) is 10.7 Å². The fraction of sp³-hybridized carbons (Fsp3) is 0.238. The van der Waals surface area contributed by atoms with Crippen LogP contribution in [-0.2, 0) is 14.8 Å². The second-order valence-corrected chi connectivity index (χ2v) is 8.52. The van der Waals surface area contributed by atoms with Gasteiger partial charge in [-0.15, -0.1) is 0 Å². The number of allylic oxidation sites excluding steroid dienone is 1. The van der Waals surface area contributed by atoms with Gasteiger partial charge >= 0.3 is 5.97 Å². The molecule has 0 aromatic heterocycles. The summed E-state index contributed by atoms with van der Waals surface area (Å²) in [7, 11) is -3.50. The molecule has 2 aromatic rings. The molecule has 2 aromatic carbocycles. The number of sulfonamides is 1. The highest BCUT2D eigenvalue weighted by molar-refractivity contribution is 7.89. The van der Waals surface area contributed by atoms with Crippen molar-refractivity contribution in [3.63, 3.8) is 0 Å². The van der Waals surface area contributed by atoms with Gasteiger partial charge in [0.05, 0.1) is 4.90 Å². The van der Waals surface area contributed by atoms with E-state index in [1.54, 1.807) is 30.3 Å². The van der Waals surface area contributed by atoms with Crippen LogP contribution in [0.5, 0.6) is 5.75 Å². The van der Waals surface area contributed by atoms with E-state index in [2.05, 4.69) is 0 Å². The number of carboxylic acids is 1. The minimum Gasteiger partial charge on any atom is -0.482 e. The third-order valence-corrected chi connectivity index (χ3v) is 6.42. The van der Waals surface area contributed by atoms with Gasteiger partial charge in [0.15, 0.2) is 12.4 Å². The quantitative estimate of drug-likeness (QED) is 0.526. The molecule has 0 bridgehead atoms. The number of ketones is 1. The SMILES string of the molecule is O=C(O)COc1ccc(C=CC(=O)c2ccc(S(=O)(=O)N3CCCC3)cc2)cc1. The molecule has 1 fully saturated rings. The number of carbonyl (C=O) groups is 2. The highest BCUT2D eigenvalue weighted by atomic mass is 32.2. The molecule has 1 heterocycles. The first-order chi connectivity index (χ1) is 13.9. The lowest BCUT2D eigenvalue weighted by molar-refractivity contribution is -0.139. The normalized spacial score (nSPS) is 14.9. The smallest absolute Gasteiger partial charge is 0.341 e. The number of rotatable bonds is 8. The van der Waals surface area contributed by atoms with E-state index in [4.69, 9.17) is 9.84 Å². The van der Waals surface area contributed by atoms with E-state index in [9.17, 15) is 18.0 Å². The number of aliphatic carboxylic acids is 1. The highest BCUT2D eigenvalue weighted by Gasteiger charge is 2.27. The van der Waals surface area contributed by atoms with Crippen molar-refractivity contribution in [2.24, 2.45) is 0 Å². The maximum atomic E-state index is 12.5. The van der Waals surface area contributed by atoms with Gasteiger partial charge < -0.3 is 9.84 Å². The van der Waals surface area contributed by atoms with E-state index in [0.29, 0.717) is 24.4 Å². The van der Waals surface area contributed by atoms with E-state index >= 15 is 0 Å². The molecule has 0 unspecified atom stereocenters. The van der Waals surface area contributed by atoms with Gasteiger partial charge in [0.1, 0.15) is 5.75 Å². The van der Waals surface area contributed by atoms with Crippen LogP contribution in [0.1, 0.15) is 28.8 Å². The minimum absolute atomic E-state index is 0.192. The van der Waals surface area contributed by atoms with Gasteiger partial charge in [-0.2, -0.15) is 4.31 Å². The molecule has 0 spiro atoms. The molecule has 1 aliphatic rings. The molecule has 0 radical (unpaired) electrons. The summed E-state index contributed by atoms with van der Waals surface area (Å²) in [5.74, 6) is -0.884. The summed E-state index contributed by atoms with van der Waals surface area (Å²) in [6, 6.07) is 12.6. The van der Waals surface area contributed by atoms with Gasteiger partial charge in [0.25, 0.3) is 0 Å². The Kier molecular flexibility index (Phi) is 6.46. The van der Waals surface area contributed by atoms with Crippen LogP contribution in [-0.4, -0.2) is 49.3 Å². The van der Waals surface area contributed by atoms with Crippen molar-refractivity contribution in [1.82, 2.24) is 4.31 Å². The number of nitrogens with zero attached hydrogens (tertiary/aromatic N) is 1. The minimum atomic E-state index is -3.50. The van der Waals surface area contributed by atoms with Gasteiger partial charge in [-0.05, 0) is 60.9 Å². The van der Waals surface area contributed by atoms with Crippen LogP contribution in [0.4, 0.5) is 0 Å². The fourth-order valence-corrected chi connectivity index (χ4v) is 4.47. The van der Waals surface area contributed by atoms with Crippen LogP contribution in [0.15, 0.2) is 59.5 Å². The van der Waals surface area contributed by atoms with E-state index in [1.807, 2.05) is 0 Å². The molecule has 7 nitrogen and oxygen atoms in total. The summed E-state index contributed by atoms with van der Waals surface area (Å²) < 4.78 is 31.6. The molecule has 0 saturated carbocycles. The first-order valence-electron chi connectivity index (χ1n) is 9.13. The lowest BCUT2D eigenvalue weighted by atomic mass is 10.1. The van der Waals surface area contributed by atoms with E-state index in [1.165, 1.54) is 34.6 Å². The van der Waals surface area contributed by atoms with Crippen LogP contribution >= 0.6 is 0 Å². The number of carboxylic acid groups (broad SMARTS) is 1. The van der Waals surface area contributed by atoms with Crippen molar-refractivity contribution < 1.29 is 27.9 Å². The molecule has 152 valence electrons. The van der Waals surface area contributed by atoms with Gasteiger partial charge in [-0.3, -0.25) is 4.79 Å². The topological polar surface area (TPSA) is 101 Å². The predicted octanol–water partition coefficient (Wildman–Crippen LogP) is 2.83. The second kappa shape index (κ2) is 9.02. The van der Waals surface area contributed by atoms with Crippen molar-refractivity contribution in [2.75, 3.05) is 19.7 Å². The van der Waals surface area contributed by atoms with Gasteiger partial charge in [-0.1, -0.05) is 18.2 Å². The second-order valence-electron chi connectivity index (χ2n) is 6.58. The summed E-state index contributed by atoms with van der Waals surface area (Å²) >= 11 is 0. The zero-order valence-electron chi connectivity index (χ0n) is 15.7. The maximum absolute atomic E-state index is 12.5. The standard InChI is InChI=1S/C21H21NO6S/c23-20(12-5-16-3-8-18(9-4-16)28-15-21(24)25)17-6-10-19(11-7-17)29(26,27)22-13-1-2-14-22/h3-12H,1-2,13-15H2,(H,24,25). The lowest BCUT2D eigenvalue weighted by Gasteiger charge is -2.15. The van der Waals surface area contributed by atoms with E-state index < -0.39 is 22.6 Å². The largest absolute Gasteiger partial charge is 0.482 e. The Labute approximate surface area is 169 Å². The number of hydrogen-bond donors (Lipinski definition) is 1. The molecular weight excluding hydrogens is 394 g/mol. The Morgan fingerprint density at radius 3 is 2.21 bits per heavy atom. The summed E-state index contributed by atoms with van der Waals surface area (Å²) in [6.07, 6.45) is 4.76. The van der Waals surface area contributed by atoms with E-state index in [0.717, 1.165) is 18.4 Å². The van der Waals surface area contributed by atoms with Crippen molar-refractivity contribution in [3.05, 3.63) is 65.7 Å².